The van der Waals surface area contributed by atoms with E-state index in [0.29, 0.717) is 0 Å². The maximum absolute atomic E-state index is 4.66. The molecule has 0 aliphatic heterocycles. The third-order valence-corrected chi connectivity index (χ3v) is 20.2. The average molecular weight is 517 g/mol. The first-order valence-corrected chi connectivity index (χ1v) is 17.7. The summed E-state index contributed by atoms with van der Waals surface area (Å²) in [6, 6.07) is 19.9. The SMILES string of the molecule is CC1(n2cccn2)C=c2ccccc2=[C]1[Zr+2](=[SiH2])[C]1(C)C=Cc2ccccc21.[Cl-].[Cl-]. The van der Waals surface area contributed by atoms with Crippen molar-refractivity contribution in [2.75, 3.05) is 0 Å². The van der Waals surface area contributed by atoms with E-state index in [1.807, 2.05) is 12.3 Å². The number of fused-ring (bicyclic) bond motifs is 2. The van der Waals surface area contributed by atoms with E-state index >= 15 is 0 Å². The van der Waals surface area contributed by atoms with Crippen molar-refractivity contribution in [3.05, 3.63) is 94.6 Å². The van der Waals surface area contributed by atoms with Crippen molar-refractivity contribution in [1.82, 2.24) is 9.78 Å². The minimum Gasteiger partial charge on any atom is -1.00 e. The predicted octanol–water partition coefficient (Wildman–Crippen LogP) is -3.68. The van der Waals surface area contributed by atoms with Crippen LogP contribution in [-0.2, 0) is 29.0 Å². The number of hydrogen-bond acceptors (Lipinski definition) is 1. The molecular formula is C23H22Cl2N2SiZr. The summed E-state index contributed by atoms with van der Waals surface area (Å²) in [6.45, 7) is 7.12. The molecule has 0 N–H and O–H groups in total. The zero-order valence-electron chi connectivity index (χ0n) is 16.4. The number of aromatic nitrogens is 2. The Bertz CT molecular complexity index is 1240. The smallest absolute Gasteiger partial charge is 1.00 e. The summed E-state index contributed by atoms with van der Waals surface area (Å²) < 4.78 is 3.98. The fourth-order valence-electron chi connectivity index (χ4n) is 4.67. The number of allylic oxidation sites excluding steroid dienone is 1. The second-order valence-electron chi connectivity index (χ2n) is 7.81. The largest absolute Gasteiger partial charge is 1.00 e. The van der Waals surface area contributed by atoms with Crippen LogP contribution >= 0.6 is 0 Å². The molecule has 29 heavy (non-hydrogen) atoms. The minimum atomic E-state index is -2.13. The van der Waals surface area contributed by atoms with Gasteiger partial charge in [0.2, 0.25) is 0 Å². The van der Waals surface area contributed by atoms with E-state index in [2.05, 4.69) is 103 Å². The summed E-state index contributed by atoms with van der Waals surface area (Å²) in [7, 11) is 0. The van der Waals surface area contributed by atoms with Gasteiger partial charge in [0, 0.05) is 0 Å². The van der Waals surface area contributed by atoms with Gasteiger partial charge in [-0.1, -0.05) is 0 Å². The van der Waals surface area contributed by atoms with Crippen LogP contribution in [0.15, 0.2) is 73.1 Å². The van der Waals surface area contributed by atoms with Gasteiger partial charge in [-0.05, 0) is 0 Å². The molecule has 1 heterocycles. The van der Waals surface area contributed by atoms with Crippen molar-refractivity contribution in [1.29, 1.82) is 0 Å². The first kappa shape index (κ1) is 22.5. The Kier molecular flexibility index (Phi) is 6.32. The molecule has 6 heteroatoms. The fraction of sp³-hybridized carbons (Fsp3) is 0.174. The molecule has 2 atom stereocenters. The van der Waals surface area contributed by atoms with Crippen LogP contribution < -0.4 is 35.3 Å². The van der Waals surface area contributed by atoms with Gasteiger partial charge in [-0.3, -0.25) is 0 Å². The Morgan fingerprint density at radius 2 is 1.69 bits per heavy atom. The van der Waals surface area contributed by atoms with Gasteiger partial charge >= 0.3 is 170 Å². The van der Waals surface area contributed by atoms with Gasteiger partial charge in [-0.15, -0.1) is 0 Å². The third-order valence-electron chi connectivity index (χ3n) is 6.20. The Balaban J connectivity index is 0.00000120. The Hall–Kier alpha value is -1.19. The predicted molar refractivity (Wildman–Crippen MR) is 111 cm³/mol. The molecule has 0 radical (unpaired) electrons. The van der Waals surface area contributed by atoms with E-state index in [4.69, 9.17) is 0 Å². The van der Waals surface area contributed by atoms with Crippen LogP contribution in [0.5, 0.6) is 0 Å². The van der Waals surface area contributed by atoms with Crippen LogP contribution in [-0.4, -0.2) is 16.7 Å². The molecule has 146 valence electrons. The molecule has 0 fully saturated rings. The van der Waals surface area contributed by atoms with Crippen molar-refractivity contribution in [3.63, 3.8) is 0 Å². The normalized spacial score (nSPS) is 23.1. The van der Waals surface area contributed by atoms with Crippen molar-refractivity contribution >= 4 is 22.3 Å². The van der Waals surface area contributed by atoms with E-state index in [-0.39, 0.29) is 33.5 Å². The molecule has 2 aromatic carbocycles. The Labute approximate surface area is 193 Å². The monoisotopic (exact) mass is 514 g/mol. The maximum atomic E-state index is 4.66. The standard InChI is InChI=1S/C13H11N2.C10H9.2ClH.H2Si.Zr/c1-13(15-8-4-7-14-15)9-11-5-2-3-6-12(11)10-13;1-8-6-7-9-4-2-3-5-10(8)9;;;;/h2-9H,1H3;2-7H,1H3;2*1H;1H2;/q;;;;;+2/p-2. The quantitative estimate of drug-likeness (QED) is 0.328. The summed E-state index contributed by atoms with van der Waals surface area (Å²) in [5, 5.41) is 7.46. The molecule has 3 aromatic rings. The van der Waals surface area contributed by atoms with Crippen molar-refractivity contribution < 1.29 is 45.2 Å². The number of hydrogen-bond donors (Lipinski definition) is 0. The van der Waals surface area contributed by atoms with Crippen LogP contribution in [0.1, 0.15) is 25.0 Å². The molecule has 0 amide bonds. The molecule has 2 aliphatic rings. The Morgan fingerprint density at radius 1 is 0.966 bits per heavy atom. The first-order chi connectivity index (χ1) is 13.0. The van der Waals surface area contributed by atoms with Gasteiger partial charge < -0.3 is 24.8 Å². The molecule has 1 aromatic heterocycles. The van der Waals surface area contributed by atoms with Crippen molar-refractivity contribution in [3.8, 4) is 0 Å². The second kappa shape index (κ2) is 8.15. The maximum Gasteiger partial charge on any atom is -1.00 e. The number of nitrogens with zero attached hydrogens (tertiary/aromatic N) is 2. The summed E-state index contributed by atoms with van der Waals surface area (Å²) in [6.07, 6.45) is 11.3. The third kappa shape index (κ3) is 3.29. The fourth-order valence-corrected chi connectivity index (χ4v) is 16.4. The van der Waals surface area contributed by atoms with Gasteiger partial charge in [0.05, 0.1) is 0 Å². The number of rotatable bonds is 3. The van der Waals surface area contributed by atoms with E-state index in [0.717, 1.165) is 0 Å². The topological polar surface area (TPSA) is 17.8 Å². The van der Waals surface area contributed by atoms with E-state index < -0.39 is 20.4 Å². The molecule has 2 nitrogen and oxygen atoms in total. The van der Waals surface area contributed by atoms with Crippen LogP contribution in [0.25, 0.3) is 15.4 Å². The molecule has 5 rings (SSSR count). The first-order valence-electron chi connectivity index (χ1n) is 9.35. The van der Waals surface area contributed by atoms with Crippen molar-refractivity contribution in [2.24, 2.45) is 0 Å². The molecule has 2 aliphatic carbocycles. The molecule has 0 saturated carbocycles. The second-order valence-corrected chi connectivity index (χ2v) is 18.1. The van der Waals surface area contributed by atoms with Crippen LogP contribution in [0.3, 0.4) is 0 Å². The van der Waals surface area contributed by atoms with Crippen LogP contribution in [0.2, 0.25) is 0 Å². The molecule has 2 unspecified atom stereocenters. The summed E-state index contributed by atoms with van der Waals surface area (Å²) >= 11 is -2.13. The molecule has 0 saturated heterocycles. The molecule has 0 bridgehead atoms. The van der Waals surface area contributed by atoms with Gasteiger partial charge in [0.15, 0.2) is 0 Å². The molecule has 0 spiro atoms. The number of benzene rings is 2. The van der Waals surface area contributed by atoms with Crippen LogP contribution in [0, 0.1) is 0 Å². The van der Waals surface area contributed by atoms with Gasteiger partial charge in [-0.2, -0.15) is 0 Å². The van der Waals surface area contributed by atoms with E-state index in [1.54, 1.807) is 3.28 Å². The zero-order valence-corrected chi connectivity index (χ0v) is 21.8. The van der Waals surface area contributed by atoms with Gasteiger partial charge in [0.1, 0.15) is 0 Å². The van der Waals surface area contributed by atoms with Gasteiger partial charge in [0.25, 0.3) is 0 Å². The van der Waals surface area contributed by atoms with Gasteiger partial charge in [-0.25, -0.2) is 0 Å². The van der Waals surface area contributed by atoms with E-state index in [9.17, 15) is 0 Å². The van der Waals surface area contributed by atoms with Crippen LogP contribution in [0.4, 0.5) is 0 Å². The minimum absolute atomic E-state index is 0. The average Bonchev–Trinajstić information content (AvgIpc) is 3.39. The summed E-state index contributed by atoms with van der Waals surface area (Å²) in [4.78, 5) is 0. The number of halogens is 2. The summed E-state index contributed by atoms with van der Waals surface area (Å²) in [5.41, 5.74) is 2.73. The van der Waals surface area contributed by atoms with Crippen molar-refractivity contribution in [2.45, 2.75) is 22.5 Å². The molecular weight excluding hydrogens is 494 g/mol. The summed E-state index contributed by atoms with van der Waals surface area (Å²) in [5.74, 6) is 0. The van der Waals surface area contributed by atoms with E-state index in [1.165, 1.54) is 21.6 Å². The zero-order chi connectivity index (χ0) is 18.6. The Morgan fingerprint density at radius 3 is 2.45 bits per heavy atom.